The quantitative estimate of drug-likeness (QED) is 0.604. The van der Waals surface area contributed by atoms with E-state index in [0.29, 0.717) is 18.5 Å². The number of rotatable bonds is 6. The molecule has 1 aromatic rings. The zero-order valence-electron chi connectivity index (χ0n) is 16.1. The lowest BCUT2D eigenvalue weighted by molar-refractivity contribution is -0.119. The fourth-order valence-electron chi connectivity index (χ4n) is 3.50. The lowest BCUT2D eigenvalue weighted by Crippen LogP contribution is -2.47. The van der Waals surface area contributed by atoms with E-state index in [1.54, 1.807) is 6.07 Å². The number of nitrogens with zero attached hydrogens (tertiary/aromatic N) is 2. The van der Waals surface area contributed by atoms with Crippen molar-refractivity contribution in [2.45, 2.75) is 45.4 Å². The van der Waals surface area contributed by atoms with E-state index in [9.17, 15) is 9.18 Å². The van der Waals surface area contributed by atoms with Crippen LogP contribution in [0.4, 0.5) is 4.39 Å². The largest absolute Gasteiger partial charge is 0.370 e. The van der Waals surface area contributed by atoms with Gasteiger partial charge in [-0.25, -0.2) is 4.39 Å². The summed E-state index contributed by atoms with van der Waals surface area (Å²) >= 11 is 0. The molecule has 3 N–H and O–H groups in total. The van der Waals surface area contributed by atoms with E-state index in [1.165, 1.54) is 6.07 Å². The van der Waals surface area contributed by atoms with Crippen LogP contribution in [0, 0.1) is 11.7 Å². The van der Waals surface area contributed by atoms with Crippen LogP contribution in [0.3, 0.4) is 0 Å². The Morgan fingerprint density at radius 1 is 1.42 bits per heavy atom. The molecule has 0 spiro atoms. The Balaban J connectivity index is 2.13. The predicted molar refractivity (Wildman–Crippen MR) is 104 cm³/mol. The fraction of sp³-hybridized carbons (Fsp3) is 0.600. The molecule has 1 aliphatic heterocycles. The Bertz CT molecular complexity index is 644. The third-order valence-electron chi connectivity index (χ3n) is 4.87. The minimum absolute atomic E-state index is 0.197. The molecule has 0 aliphatic carbocycles. The van der Waals surface area contributed by atoms with E-state index >= 15 is 0 Å². The van der Waals surface area contributed by atoms with Gasteiger partial charge < -0.3 is 16.0 Å². The van der Waals surface area contributed by atoms with Gasteiger partial charge in [0.1, 0.15) is 5.82 Å². The van der Waals surface area contributed by atoms with Crippen LogP contribution >= 0.6 is 0 Å². The van der Waals surface area contributed by atoms with Gasteiger partial charge in [-0.15, -0.1) is 0 Å². The van der Waals surface area contributed by atoms with Gasteiger partial charge in [-0.3, -0.25) is 9.79 Å². The maximum atomic E-state index is 14.2. The monoisotopic (exact) mass is 362 g/mol. The second-order valence-corrected chi connectivity index (χ2v) is 7.66. The average molecular weight is 362 g/mol. The van der Waals surface area contributed by atoms with Crippen molar-refractivity contribution in [1.29, 1.82) is 0 Å². The number of halogens is 1. The van der Waals surface area contributed by atoms with Crippen molar-refractivity contribution >= 4 is 11.9 Å². The summed E-state index contributed by atoms with van der Waals surface area (Å²) in [5.74, 6) is 0.646. The van der Waals surface area contributed by atoms with Crippen LogP contribution in [0.25, 0.3) is 0 Å². The van der Waals surface area contributed by atoms with Crippen molar-refractivity contribution in [3.63, 3.8) is 0 Å². The number of guanidine groups is 1. The zero-order valence-corrected chi connectivity index (χ0v) is 16.1. The van der Waals surface area contributed by atoms with Gasteiger partial charge in [0.15, 0.2) is 5.96 Å². The molecule has 1 fully saturated rings. The number of primary amides is 1. The molecule has 1 heterocycles. The number of aliphatic imine (C=N–C) groups is 1. The minimum atomic E-state index is -0.408. The zero-order chi connectivity index (χ0) is 19.2. The van der Waals surface area contributed by atoms with E-state index in [4.69, 9.17) is 10.7 Å². The molecular weight excluding hydrogens is 331 g/mol. The molecule has 1 saturated heterocycles. The smallest absolute Gasteiger partial charge is 0.217 e. The molecule has 1 unspecified atom stereocenters. The SMILES string of the molecule is CCNC(=NCC(C)(C)c1ccccc1F)N1CCCC(CC(N)=O)C1. The average Bonchev–Trinajstić information content (AvgIpc) is 2.58. The van der Waals surface area contributed by atoms with Crippen molar-refractivity contribution in [2.75, 3.05) is 26.2 Å². The normalized spacial score (nSPS) is 18.7. The maximum absolute atomic E-state index is 14.2. The number of hydrogen-bond acceptors (Lipinski definition) is 2. The number of hydrogen-bond donors (Lipinski definition) is 2. The first-order valence-electron chi connectivity index (χ1n) is 9.40. The molecule has 0 bridgehead atoms. The lowest BCUT2D eigenvalue weighted by atomic mass is 9.84. The van der Waals surface area contributed by atoms with Gasteiger partial charge >= 0.3 is 0 Å². The molecule has 5 nitrogen and oxygen atoms in total. The van der Waals surface area contributed by atoms with Crippen LogP contribution in [0.1, 0.15) is 45.6 Å². The first kappa shape index (κ1) is 20.2. The molecule has 6 heteroatoms. The van der Waals surface area contributed by atoms with Crippen LogP contribution in [0.5, 0.6) is 0 Å². The summed E-state index contributed by atoms with van der Waals surface area (Å²) in [6.45, 7) is 8.96. The summed E-state index contributed by atoms with van der Waals surface area (Å²) in [5.41, 5.74) is 5.62. The molecule has 1 atom stereocenters. The van der Waals surface area contributed by atoms with Crippen LogP contribution in [-0.2, 0) is 10.2 Å². The van der Waals surface area contributed by atoms with Crippen molar-refractivity contribution < 1.29 is 9.18 Å². The lowest BCUT2D eigenvalue weighted by Gasteiger charge is -2.35. The predicted octanol–water partition coefficient (Wildman–Crippen LogP) is 2.66. The van der Waals surface area contributed by atoms with Crippen LogP contribution in [-0.4, -0.2) is 42.9 Å². The molecule has 1 aromatic carbocycles. The first-order valence-corrected chi connectivity index (χ1v) is 9.40. The van der Waals surface area contributed by atoms with Crippen LogP contribution < -0.4 is 11.1 Å². The fourth-order valence-corrected chi connectivity index (χ4v) is 3.50. The molecular formula is C20H31FN4O. The van der Waals surface area contributed by atoms with Crippen molar-refractivity contribution in [1.82, 2.24) is 10.2 Å². The summed E-state index contributed by atoms with van der Waals surface area (Å²) in [7, 11) is 0. The number of piperidine rings is 1. The van der Waals surface area contributed by atoms with Gasteiger partial charge in [0.05, 0.1) is 6.54 Å². The number of carbonyl (C=O) groups excluding carboxylic acids is 1. The minimum Gasteiger partial charge on any atom is -0.370 e. The van der Waals surface area contributed by atoms with E-state index in [-0.39, 0.29) is 17.6 Å². The van der Waals surface area contributed by atoms with Gasteiger partial charge in [0.25, 0.3) is 0 Å². The molecule has 26 heavy (non-hydrogen) atoms. The van der Waals surface area contributed by atoms with Crippen LogP contribution in [0.2, 0.25) is 0 Å². The Hall–Kier alpha value is -2.11. The number of benzene rings is 1. The summed E-state index contributed by atoms with van der Waals surface area (Å²) in [4.78, 5) is 18.2. The molecule has 2 rings (SSSR count). The van der Waals surface area contributed by atoms with Crippen molar-refractivity contribution in [3.8, 4) is 0 Å². The third kappa shape index (κ3) is 5.44. The number of amides is 1. The number of likely N-dealkylation sites (tertiary alicyclic amines) is 1. The standard InChI is InChI=1S/C20H31FN4O/c1-4-23-19(25-11-7-8-15(13-25)12-18(22)26)24-14-20(2,3)16-9-5-6-10-17(16)21/h5-6,9-10,15H,4,7-8,11-14H2,1-3H3,(H2,22,26)(H,23,24). The Kier molecular flexibility index (Phi) is 7.00. The van der Waals surface area contributed by atoms with Gasteiger partial charge in [-0.2, -0.15) is 0 Å². The molecule has 1 amide bonds. The van der Waals surface area contributed by atoms with E-state index in [1.807, 2.05) is 32.9 Å². The highest BCUT2D eigenvalue weighted by Crippen LogP contribution is 2.26. The summed E-state index contributed by atoms with van der Waals surface area (Å²) in [6.07, 6.45) is 2.44. The molecule has 0 radical (unpaired) electrons. The number of nitrogens with two attached hydrogens (primary N) is 1. The molecule has 1 aliphatic rings. The third-order valence-corrected chi connectivity index (χ3v) is 4.87. The Morgan fingerprint density at radius 2 is 2.15 bits per heavy atom. The summed E-state index contributed by atoms with van der Waals surface area (Å²) < 4.78 is 14.2. The highest BCUT2D eigenvalue weighted by Gasteiger charge is 2.26. The summed E-state index contributed by atoms with van der Waals surface area (Å²) in [6, 6.07) is 6.87. The summed E-state index contributed by atoms with van der Waals surface area (Å²) in [5, 5.41) is 3.33. The molecule has 0 aromatic heterocycles. The topological polar surface area (TPSA) is 70.7 Å². The second kappa shape index (κ2) is 9.01. The Labute approximate surface area is 155 Å². The molecule has 144 valence electrons. The highest BCUT2D eigenvalue weighted by molar-refractivity contribution is 5.80. The number of nitrogens with one attached hydrogen (secondary N) is 1. The van der Waals surface area contributed by atoms with E-state index < -0.39 is 5.41 Å². The van der Waals surface area contributed by atoms with Gasteiger partial charge in [-0.05, 0) is 37.3 Å². The van der Waals surface area contributed by atoms with Crippen molar-refractivity contribution in [2.24, 2.45) is 16.6 Å². The second-order valence-electron chi connectivity index (χ2n) is 7.66. The van der Waals surface area contributed by atoms with Gasteiger partial charge in [0, 0.05) is 31.5 Å². The van der Waals surface area contributed by atoms with Crippen LogP contribution in [0.15, 0.2) is 29.3 Å². The molecule has 0 saturated carbocycles. The first-order chi connectivity index (χ1) is 12.3. The van der Waals surface area contributed by atoms with Crippen molar-refractivity contribution in [3.05, 3.63) is 35.6 Å². The maximum Gasteiger partial charge on any atom is 0.217 e. The van der Waals surface area contributed by atoms with Gasteiger partial charge in [-0.1, -0.05) is 32.0 Å². The highest BCUT2D eigenvalue weighted by atomic mass is 19.1. The van der Waals surface area contributed by atoms with Gasteiger partial charge in [0.2, 0.25) is 5.91 Å². The van der Waals surface area contributed by atoms with E-state index in [2.05, 4.69) is 10.2 Å². The Morgan fingerprint density at radius 3 is 2.81 bits per heavy atom. The number of carbonyl (C=O) groups is 1. The van der Waals surface area contributed by atoms with E-state index in [0.717, 1.165) is 38.4 Å².